The summed E-state index contributed by atoms with van der Waals surface area (Å²) < 4.78 is 0. The molecule has 2 nitrogen and oxygen atoms in total. The number of phenols is 1. The molecule has 0 unspecified atom stereocenters. The van der Waals surface area contributed by atoms with Crippen molar-refractivity contribution in [3.63, 3.8) is 0 Å². The highest BCUT2D eigenvalue weighted by molar-refractivity contribution is 8.08. The van der Waals surface area contributed by atoms with Gasteiger partial charge in [0.1, 0.15) is 5.75 Å². The van der Waals surface area contributed by atoms with Crippen molar-refractivity contribution >= 4 is 28.9 Å². The molecule has 0 radical (unpaired) electrons. The standard InChI is InChI=1S/C21H17NOS/c1-13-6-5-8-15-17-12-14(23)10-11-19(17)24-21(20(13)15)16-7-3-4-9-18(16)22-2/h3-12,22-23H,1H2,2H3. The Labute approximate surface area is 145 Å². The molecule has 0 aromatic heterocycles. The molecule has 1 aliphatic rings. The number of phenolic OH excluding ortho intramolecular Hbond substituents is 1. The number of hydrogen-bond acceptors (Lipinski definition) is 3. The predicted molar refractivity (Wildman–Crippen MR) is 103 cm³/mol. The van der Waals surface area contributed by atoms with Gasteiger partial charge in [-0.3, -0.25) is 0 Å². The van der Waals surface area contributed by atoms with Crippen LogP contribution in [-0.4, -0.2) is 12.2 Å². The van der Waals surface area contributed by atoms with E-state index < -0.39 is 0 Å². The molecular weight excluding hydrogens is 314 g/mol. The molecule has 3 aromatic rings. The first-order chi connectivity index (χ1) is 11.7. The van der Waals surface area contributed by atoms with E-state index in [-0.39, 0.29) is 5.75 Å². The van der Waals surface area contributed by atoms with E-state index in [0.29, 0.717) is 0 Å². The lowest BCUT2D eigenvalue weighted by Crippen LogP contribution is -2.29. The molecule has 0 bridgehead atoms. The average molecular weight is 331 g/mol. The van der Waals surface area contributed by atoms with E-state index in [1.54, 1.807) is 17.8 Å². The van der Waals surface area contributed by atoms with E-state index in [2.05, 4.69) is 36.2 Å². The monoisotopic (exact) mass is 331 g/mol. The van der Waals surface area contributed by atoms with Crippen LogP contribution >= 0.6 is 11.8 Å². The lowest BCUT2D eigenvalue weighted by atomic mass is 9.99. The Kier molecular flexibility index (Phi) is 3.58. The van der Waals surface area contributed by atoms with Gasteiger partial charge in [-0.05, 0) is 40.6 Å². The van der Waals surface area contributed by atoms with Crippen LogP contribution in [-0.2, 0) is 0 Å². The van der Waals surface area contributed by atoms with Gasteiger partial charge in [0.15, 0.2) is 0 Å². The van der Waals surface area contributed by atoms with Gasteiger partial charge < -0.3 is 10.4 Å². The molecule has 2 N–H and O–H groups in total. The van der Waals surface area contributed by atoms with Crippen molar-refractivity contribution in [1.29, 1.82) is 0 Å². The lowest BCUT2D eigenvalue weighted by molar-refractivity contribution is 0.475. The second kappa shape index (κ2) is 5.77. The second-order valence-corrected chi connectivity index (χ2v) is 6.80. The minimum atomic E-state index is 0.286. The van der Waals surface area contributed by atoms with E-state index in [4.69, 9.17) is 0 Å². The van der Waals surface area contributed by atoms with Crippen molar-refractivity contribution in [3.8, 4) is 16.9 Å². The van der Waals surface area contributed by atoms with Crippen LogP contribution in [0.3, 0.4) is 0 Å². The fourth-order valence-corrected chi connectivity index (χ4v) is 4.43. The molecule has 0 spiro atoms. The Bertz CT molecular complexity index is 1060. The molecule has 3 aromatic carbocycles. The van der Waals surface area contributed by atoms with Crippen LogP contribution in [0.1, 0.15) is 5.56 Å². The lowest BCUT2D eigenvalue weighted by Gasteiger charge is -2.21. The molecule has 0 atom stereocenters. The van der Waals surface area contributed by atoms with Crippen LogP contribution in [0.25, 0.3) is 22.6 Å². The van der Waals surface area contributed by atoms with Crippen LogP contribution in [0.2, 0.25) is 0 Å². The van der Waals surface area contributed by atoms with Gasteiger partial charge in [-0.25, -0.2) is 0 Å². The van der Waals surface area contributed by atoms with E-state index in [1.165, 1.54) is 10.5 Å². The largest absolute Gasteiger partial charge is 0.508 e. The third-order valence-electron chi connectivity index (χ3n) is 4.28. The number of fused-ring (bicyclic) bond motifs is 3. The number of hydrogen-bond donors (Lipinski definition) is 2. The van der Waals surface area contributed by atoms with E-state index in [0.717, 1.165) is 32.1 Å². The zero-order chi connectivity index (χ0) is 16.7. The van der Waals surface area contributed by atoms with Crippen molar-refractivity contribution in [2.24, 2.45) is 0 Å². The van der Waals surface area contributed by atoms with Crippen LogP contribution in [0.4, 0.5) is 5.69 Å². The number of rotatable bonds is 2. The number of benzene rings is 3. The molecule has 3 heteroatoms. The van der Waals surface area contributed by atoms with Crippen LogP contribution < -0.4 is 15.8 Å². The molecule has 24 heavy (non-hydrogen) atoms. The molecule has 1 aliphatic heterocycles. The first kappa shape index (κ1) is 14.9. The van der Waals surface area contributed by atoms with Gasteiger partial charge in [0.05, 0.1) is 0 Å². The van der Waals surface area contributed by atoms with Crippen molar-refractivity contribution in [2.45, 2.75) is 4.90 Å². The summed E-state index contributed by atoms with van der Waals surface area (Å²) in [5.74, 6) is 0.286. The Hall–Kier alpha value is -2.65. The second-order valence-electron chi connectivity index (χ2n) is 5.75. The van der Waals surface area contributed by atoms with Gasteiger partial charge in [-0.2, -0.15) is 0 Å². The van der Waals surface area contributed by atoms with Crippen molar-refractivity contribution in [3.05, 3.63) is 76.7 Å². The molecule has 0 amide bonds. The van der Waals surface area contributed by atoms with Gasteiger partial charge in [0.2, 0.25) is 0 Å². The topological polar surface area (TPSA) is 32.3 Å². The molecule has 0 aliphatic carbocycles. The predicted octanol–water partition coefficient (Wildman–Crippen LogP) is 3.77. The van der Waals surface area contributed by atoms with E-state index in [9.17, 15) is 5.11 Å². The normalized spacial score (nSPS) is 12.5. The average Bonchev–Trinajstić information content (AvgIpc) is 2.61. The Morgan fingerprint density at radius 1 is 0.917 bits per heavy atom. The quantitative estimate of drug-likeness (QED) is 0.750. The molecule has 4 rings (SSSR count). The maximum Gasteiger partial charge on any atom is 0.116 e. The molecule has 118 valence electrons. The summed E-state index contributed by atoms with van der Waals surface area (Å²) in [6.45, 7) is 4.24. The number of thioether (sulfide) groups is 1. The Morgan fingerprint density at radius 3 is 2.54 bits per heavy atom. The number of aromatic hydroxyl groups is 1. The summed E-state index contributed by atoms with van der Waals surface area (Å²) in [4.78, 5) is 2.34. The fraction of sp³-hybridized carbons (Fsp3) is 0.0476. The molecule has 0 fully saturated rings. The maximum absolute atomic E-state index is 9.91. The SMILES string of the molecule is C=c1cccc2c1=C(c1ccccc1NC)Sc1ccc(O)cc1-2. The number of para-hydroxylation sites is 1. The Balaban J connectivity index is 2.13. The molecular formula is C21H17NOS. The first-order valence-corrected chi connectivity index (χ1v) is 8.61. The zero-order valence-corrected chi connectivity index (χ0v) is 14.2. The third kappa shape index (κ3) is 2.29. The van der Waals surface area contributed by atoms with E-state index in [1.807, 2.05) is 37.4 Å². The highest BCUT2D eigenvalue weighted by Gasteiger charge is 2.20. The van der Waals surface area contributed by atoms with Gasteiger partial charge in [-0.1, -0.05) is 54.7 Å². The first-order valence-electron chi connectivity index (χ1n) is 7.79. The Morgan fingerprint density at radius 2 is 1.71 bits per heavy atom. The summed E-state index contributed by atoms with van der Waals surface area (Å²) in [6.07, 6.45) is 0. The highest BCUT2D eigenvalue weighted by Crippen LogP contribution is 2.44. The zero-order valence-electron chi connectivity index (χ0n) is 13.3. The van der Waals surface area contributed by atoms with Crippen LogP contribution in [0.15, 0.2) is 65.6 Å². The van der Waals surface area contributed by atoms with Gasteiger partial charge >= 0.3 is 0 Å². The van der Waals surface area contributed by atoms with Crippen molar-refractivity contribution in [1.82, 2.24) is 0 Å². The fourth-order valence-electron chi connectivity index (χ4n) is 3.16. The third-order valence-corrected chi connectivity index (χ3v) is 5.49. The summed E-state index contributed by atoms with van der Waals surface area (Å²) >= 11 is 1.73. The summed E-state index contributed by atoms with van der Waals surface area (Å²) in [5.41, 5.74) is 4.44. The maximum atomic E-state index is 9.91. The van der Waals surface area contributed by atoms with Crippen LogP contribution in [0.5, 0.6) is 5.75 Å². The smallest absolute Gasteiger partial charge is 0.116 e. The summed E-state index contributed by atoms with van der Waals surface area (Å²) in [6, 6.07) is 20.0. The molecule has 0 saturated heterocycles. The van der Waals surface area contributed by atoms with Crippen molar-refractivity contribution in [2.75, 3.05) is 12.4 Å². The number of anilines is 1. The minimum Gasteiger partial charge on any atom is -0.508 e. The summed E-state index contributed by atoms with van der Waals surface area (Å²) in [5, 5.41) is 15.3. The molecule has 0 saturated carbocycles. The summed E-state index contributed by atoms with van der Waals surface area (Å²) in [7, 11) is 1.94. The van der Waals surface area contributed by atoms with Crippen LogP contribution in [0, 0.1) is 0 Å². The minimum absolute atomic E-state index is 0.286. The highest BCUT2D eigenvalue weighted by atomic mass is 32.2. The molecule has 1 heterocycles. The van der Waals surface area contributed by atoms with Gasteiger partial charge in [-0.15, -0.1) is 0 Å². The number of nitrogens with one attached hydrogen (secondary N) is 1. The van der Waals surface area contributed by atoms with Gasteiger partial charge in [0, 0.05) is 33.3 Å². The van der Waals surface area contributed by atoms with Gasteiger partial charge in [0.25, 0.3) is 0 Å². The van der Waals surface area contributed by atoms with Crippen molar-refractivity contribution < 1.29 is 5.11 Å². The van der Waals surface area contributed by atoms with E-state index >= 15 is 0 Å².